The van der Waals surface area contributed by atoms with E-state index in [1.807, 2.05) is 12.1 Å². The fourth-order valence-electron chi connectivity index (χ4n) is 10.2. The van der Waals surface area contributed by atoms with E-state index in [0.717, 1.165) is 87.1 Å². The number of nitrogens with one attached hydrogen (secondary N) is 1. The highest BCUT2D eigenvalue weighted by Gasteiger charge is 2.59. The average molecular weight is 631 g/mol. The number of ketones is 1. The van der Waals surface area contributed by atoms with E-state index in [-0.39, 0.29) is 23.6 Å². The number of rotatable bonds is 7. The Bertz CT molecular complexity index is 1580. The van der Waals surface area contributed by atoms with Gasteiger partial charge in [-0.15, -0.1) is 0 Å². The van der Waals surface area contributed by atoms with Crippen molar-refractivity contribution in [2.45, 2.75) is 78.1 Å². The maximum atomic E-state index is 12.7. The van der Waals surface area contributed by atoms with Gasteiger partial charge in [0.1, 0.15) is 11.4 Å². The van der Waals surface area contributed by atoms with Crippen molar-refractivity contribution in [2.24, 2.45) is 39.7 Å². The van der Waals surface area contributed by atoms with Gasteiger partial charge in [-0.2, -0.15) is 0 Å². The number of likely N-dealkylation sites (N-methyl/N-ethyl adjacent to an activating group) is 1. The number of hydrogen-bond donors (Lipinski definition) is 1. The van der Waals surface area contributed by atoms with Crippen LogP contribution < -0.4 is 15.8 Å². The molecule has 5 aliphatic rings. The number of oxime groups is 1. The van der Waals surface area contributed by atoms with Crippen LogP contribution in [0.2, 0.25) is 0 Å². The van der Waals surface area contributed by atoms with E-state index in [2.05, 4.69) is 47.2 Å². The molecule has 0 bridgehead atoms. The van der Waals surface area contributed by atoms with E-state index in [4.69, 9.17) is 9.25 Å². The predicted molar refractivity (Wildman–Crippen MR) is 179 cm³/mol. The number of hydrogen-bond acceptors (Lipinski definition) is 8. The molecule has 46 heavy (non-hydrogen) atoms. The van der Waals surface area contributed by atoms with Crippen molar-refractivity contribution in [2.75, 3.05) is 51.3 Å². The molecule has 4 saturated carbocycles. The Morgan fingerprint density at radius 1 is 1.02 bits per heavy atom. The van der Waals surface area contributed by atoms with E-state index in [1.54, 1.807) is 0 Å². The van der Waals surface area contributed by atoms with Crippen molar-refractivity contribution in [3.05, 3.63) is 40.2 Å². The fourth-order valence-corrected chi connectivity index (χ4v) is 10.2. The summed E-state index contributed by atoms with van der Waals surface area (Å²) < 4.78 is 5.56. The van der Waals surface area contributed by atoms with Crippen molar-refractivity contribution in [3.8, 4) is 0 Å². The Kier molecular flexibility index (Phi) is 8.49. The van der Waals surface area contributed by atoms with Crippen LogP contribution in [-0.4, -0.2) is 68.7 Å². The summed E-state index contributed by atoms with van der Waals surface area (Å²) in [6.45, 7) is 9.02. The van der Waals surface area contributed by atoms with Gasteiger partial charge in [-0.05, 0) is 105 Å². The first-order valence-corrected chi connectivity index (χ1v) is 17.6. The van der Waals surface area contributed by atoms with Gasteiger partial charge < -0.3 is 24.4 Å². The number of amides is 1. The molecule has 0 unspecified atom stereocenters. The van der Waals surface area contributed by atoms with Crippen LogP contribution in [0.15, 0.2) is 38.6 Å². The highest BCUT2D eigenvalue weighted by atomic mass is 16.6. The summed E-state index contributed by atoms with van der Waals surface area (Å²) in [6.07, 6.45) is 9.92. The van der Waals surface area contributed by atoms with E-state index in [9.17, 15) is 14.4 Å². The van der Waals surface area contributed by atoms with E-state index >= 15 is 0 Å². The minimum absolute atomic E-state index is 0.0327. The first kappa shape index (κ1) is 31.4. The van der Waals surface area contributed by atoms with Crippen LogP contribution in [0.25, 0.3) is 11.0 Å². The second-order valence-electron chi connectivity index (χ2n) is 15.4. The zero-order valence-electron chi connectivity index (χ0n) is 27.8. The van der Waals surface area contributed by atoms with Crippen LogP contribution in [-0.2, 0) is 20.8 Å². The number of benzene rings is 1. The maximum Gasteiger partial charge on any atom is 0.336 e. The summed E-state index contributed by atoms with van der Waals surface area (Å²) in [5, 5.41) is 8.42. The lowest BCUT2D eigenvalue weighted by Crippen LogP contribution is -2.53. The number of piperazine rings is 1. The molecular formula is C37H50N4O5. The van der Waals surface area contributed by atoms with Crippen LogP contribution in [0.1, 0.15) is 77.2 Å². The SMILES string of the molecule is CN1CCN(c2ccc3c(CCNC(=O)CO/N=C4/CC[C@H]5[C@@H]6CC[C@H]7CC(=O)CC[C@]7(C)[C@H]6CC[C@]45C)cc(=O)oc3c2)CC1. The first-order valence-electron chi connectivity index (χ1n) is 17.6. The molecule has 1 saturated heterocycles. The highest BCUT2D eigenvalue weighted by molar-refractivity contribution is 5.92. The van der Waals surface area contributed by atoms with Gasteiger partial charge in [-0.25, -0.2) is 4.79 Å². The van der Waals surface area contributed by atoms with Crippen molar-refractivity contribution in [3.63, 3.8) is 0 Å². The van der Waals surface area contributed by atoms with Crippen LogP contribution in [0.5, 0.6) is 0 Å². The number of anilines is 1. The Hall–Kier alpha value is -3.20. The summed E-state index contributed by atoms with van der Waals surface area (Å²) in [7, 11) is 2.13. The summed E-state index contributed by atoms with van der Waals surface area (Å²) in [4.78, 5) is 47.6. The van der Waals surface area contributed by atoms with Crippen molar-refractivity contribution < 1.29 is 18.8 Å². The average Bonchev–Trinajstić information content (AvgIpc) is 3.37. The predicted octanol–water partition coefficient (Wildman–Crippen LogP) is 5.19. The zero-order valence-corrected chi connectivity index (χ0v) is 27.8. The maximum absolute atomic E-state index is 12.7. The molecule has 1 amide bonds. The largest absolute Gasteiger partial charge is 0.423 e. The molecule has 6 atom stereocenters. The molecule has 0 spiro atoms. The third kappa shape index (κ3) is 5.77. The molecule has 248 valence electrons. The molecule has 7 rings (SSSR count). The summed E-state index contributed by atoms with van der Waals surface area (Å²) in [6, 6.07) is 7.60. The Balaban J connectivity index is 0.924. The lowest BCUT2D eigenvalue weighted by Gasteiger charge is -2.59. The number of carbonyl (C=O) groups excluding carboxylic acids is 2. The fraction of sp³-hybridized carbons (Fsp3) is 0.676. The number of Topliss-reactive ketones (excluding diaryl/α,β-unsaturated/α-hetero) is 1. The minimum atomic E-state index is -0.378. The van der Waals surface area contributed by atoms with Gasteiger partial charge in [0, 0.05) is 74.2 Å². The van der Waals surface area contributed by atoms with E-state index in [1.165, 1.54) is 25.3 Å². The molecule has 5 fully saturated rings. The lowest BCUT2D eigenvalue weighted by molar-refractivity contribution is -0.136. The third-order valence-corrected chi connectivity index (χ3v) is 13.0. The monoisotopic (exact) mass is 630 g/mol. The zero-order chi connectivity index (χ0) is 32.1. The standard InChI is InChI=1S/C37H50N4O5/c1-36-13-10-27(42)21-25(36)4-6-29-30-8-9-33(37(30,2)14-11-31(29)36)39-45-23-34(43)38-15-12-24-20-35(44)46-32-22-26(5-7-28(24)32)41-18-16-40(3)17-19-41/h5,7,20,22,25,29-31H,4,6,8-19,21,23H2,1-3H3,(H,38,43)/b39-33-/t25-,29-,30-,31-,36-,37-/m0/s1. The van der Waals surface area contributed by atoms with Gasteiger partial charge in [0.2, 0.25) is 0 Å². The van der Waals surface area contributed by atoms with Crippen LogP contribution >= 0.6 is 0 Å². The number of fused-ring (bicyclic) bond motifs is 6. The van der Waals surface area contributed by atoms with Gasteiger partial charge in [0.05, 0.1) is 5.71 Å². The highest BCUT2D eigenvalue weighted by Crippen LogP contribution is 2.65. The van der Waals surface area contributed by atoms with Gasteiger partial charge in [-0.1, -0.05) is 19.0 Å². The van der Waals surface area contributed by atoms with Crippen LogP contribution in [0.4, 0.5) is 5.69 Å². The first-order chi connectivity index (χ1) is 22.1. The number of nitrogens with zero attached hydrogens (tertiary/aromatic N) is 3. The van der Waals surface area contributed by atoms with E-state index in [0.29, 0.717) is 53.4 Å². The second kappa shape index (κ2) is 12.4. The van der Waals surface area contributed by atoms with Gasteiger partial charge >= 0.3 is 5.63 Å². The molecule has 4 aliphatic carbocycles. The molecule has 9 nitrogen and oxygen atoms in total. The lowest BCUT2D eigenvalue weighted by atomic mass is 9.45. The van der Waals surface area contributed by atoms with Crippen LogP contribution in [0.3, 0.4) is 0 Å². The molecule has 1 N–H and O–H groups in total. The molecule has 1 aromatic carbocycles. The van der Waals surface area contributed by atoms with Crippen LogP contribution in [0, 0.1) is 34.5 Å². The quantitative estimate of drug-likeness (QED) is 0.332. The Morgan fingerprint density at radius 2 is 1.85 bits per heavy atom. The molecular weight excluding hydrogens is 580 g/mol. The minimum Gasteiger partial charge on any atom is -0.423 e. The molecule has 1 aliphatic heterocycles. The van der Waals surface area contributed by atoms with Gasteiger partial charge in [0.25, 0.3) is 5.91 Å². The smallest absolute Gasteiger partial charge is 0.336 e. The molecule has 2 aromatic rings. The number of carbonyl (C=O) groups is 2. The van der Waals surface area contributed by atoms with Gasteiger partial charge in [0.15, 0.2) is 6.61 Å². The Morgan fingerprint density at radius 3 is 2.67 bits per heavy atom. The summed E-state index contributed by atoms with van der Waals surface area (Å²) >= 11 is 0. The van der Waals surface area contributed by atoms with Crippen molar-refractivity contribution in [1.29, 1.82) is 0 Å². The van der Waals surface area contributed by atoms with E-state index < -0.39 is 0 Å². The molecule has 1 aromatic heterocycles. The van der Waals surface area contributed by atoms with Crippen molar-refractivity contribution in [1.82, 2.24) is 10.2 Å². The molecule has 2 heterocycles. The topological polar surface area (TPSA) is 104 Å². The molecule has 9 heteroatoms. The summed E-state index contributed by atoms with van der Waals surface area (Å²) in [5.74, 6) is 2.82. The Labute approximate surface area is 272 Å². The van der Waals surface area contributed by atoms with Gasteiger partial charge in [-0.3, -0.25) is 9.59 Å². The molecule has 0 radical (unpaired) electrons. The second-order valence-corrected chi connectivity index (χ2v) is 15.4. The third-order valence-electron chi connectivity index (χ3n) is 13.0. The van der Waals surface area contributed by atoms with Crippen molar-refractivity contribution >= 4 is 34.1 Å². The normalized spacial score (nSPS) is 33.8. The summed E-state index contributed by atoms with van der Waals surface area (Å²) in [5.41, 5.74) is 3.58.